The summed E-state index contributed by atoms with van der Waals surface area (Å²) in [5, 5.41) is 7.22. The van der Waals surface area contributed by atoms with E-state index in [2.05, 4.69) is 27.3 Å². The Morgan fingerprint density at radius 2 is 2.21 bits per heavy atom. The highest BCUT2D eigenvalue weighted by Gasteiger charge is 2.04. The Morgan fingerprint density at radius 1 is 1.37 bits per heavy atom. The normalized spacial score (nSPS) is 10.4. The molecule has 6 nitrogen and oxygen atoms in total. The van der Waals surface area contributed by atoms with Crippen molar-refractivity contribution in [1.82, 2.24) is 19.7 Å². The molecule has 0 amide bonds. The van der Waals surface area contributed by atoms with Gasteiger partial charge in [-0.05, 0) is 19.4 Å². The van der Waals surface area contributed by atoms with Crippen LogP contribution in [0.3, 0.4) is 0 Å². The molecule has 0 atom stereocenters. The van der Waals surface area contributed by atoms with E-state index in [-0.39, 0.29) is 12.1 Å². The van der Waals surface area contributed by atoms with Crippen LogP contribution in [0, 0.1) is 6.92 Å². The van der Waals surface area contributed by atoms with E-state index >= 15 is 0 Å². The predicted molar refractivity (Wildman–Crippen MR) is 73.1 cm³/mol. The average molecular weight is 259 g/mol. The summed E-state index contributed by atoms with van der Waals surface area (Å²) in [4.78, 5) is 20.3. The maximum atomic E-state index is 11.6. The van der Waals surface area contributed by atoms with Crippen LogP contribution < -0.4 is 10.9 Å². The van der Waals surface area contributed by atoms with Crippen LogP contribution in [0.15, 0.2) is 29.2 Å². The van der Waals surface area contributed by atoms with Gasteiger partial charge in [0.1, 0.15) is 12.4 Å². The fourth-order valence-electron chi connectivity index (χ4n) is 1.68. The van der Waals surface area contributed by atoms with Crippen LogP contribution in [0.4, 0.5) is 5.82 Å². The molecule has 0 fully saturated rings. The van der Waals surface area contributed by atoms with Gasteiger partial charge < -0.3 is 5.32 Å². The van der Waals surface area contributed by atoms with E-state index in [1.54, 1.807) is 12.3 Å². The Bertz CT molecular complexity index is 608. The molecule has 19 heavy (non-hydrogen) atoms. The monoisotopic (exact) mass is 259 g/mol. The van der Waals surface area contributed by atoms with Crippen LogP contribution in [0.2, 0.25) is 0 Å². The molecule has 0 saturated heterocycles. The summed E-state index contributed by atoms with van der Waals surface area (Å²) in [5.74, 6) is 1.37. The summed E-state index contributed by atoms with van der Waals surface area (Å²) in [5.41, 5.74) is 0.711. The molecule has 0 unspecified atom stereocenters. The first-order valence-corrected chi connectivity index (χ1v) is 6.29. The second-order valence-electron chi connectivity index (χ2n) is 4.26. The lowest BCUT2D eigenvalue weighted by Gasteiger charge is -2.08. The van der Waals surface area contributed by atoms with E-state index in [9.17, 15) is 4.79 Å². The van der Waals surface area contributed by atoms with Gasteiger partial charge in [-0.2, -0.15) is 5.10 Å². The Labute approximate surface area is 111 Å². The minimum atomic E-state index is -0.157. The fraction of sp³-hybridized carbons (Fsp3) is 0.385. The van der Waals surface area contributed by atoms with Gasteiger partial charge in [0.25, 0.3) is 5.56 Å². The minimum Gasteiger partial charge on any atom is -0.370 e. The number of nitrogens with zero attached hydrogens (tertiary/aromatic N) is 4. The lowest BCUT2D eigenvalue weighted by molar-refractivity contribution is 0.613. The lowest BCUT2D eigenvalue weighted by atomic mass is 10.4. The van der Waals surface area contributed by atoms with E-state index in [0.29, 0.717) is 5.82 Å². The SMILES string of the molecule is CCCNc1cc(C)nc(Cn2ncccc2=O)n1. The summed E-state index contributed by atoms with van der Waals surface area (Å²) in [6.07, 6.45) is 2.60. The second-order valence-corrected chi connectivity index (χ2v) is 4.26. The molecule has 0 saturated carbocycles. The van der Waals surface area contributed by atoms with Crippen LogP contribution in [0.25, 0.3) is 0 Å². The van der Waals surface area contributed by atoms with Crippen molar-refractivity contribution in [1.29, 1.82) is 0 Å². The zero-order valence-electron chi connectivity index (χ0n) is 11.1. The number of nitrogens with one attached hydrogen (secondary N) is 1. The summed E-state index contributed by atoms with van der Waals surface area (Å²) in [6, 6.07) is 4.98. The fourth-order valence-corrected chi connectivity index (χ4v) is 1.68. The number of hydrogen-bond acceptors (Lipinski definition) is 5. The molecule has 0 bridgehead atoms. The third-order valence-corrected chi connectivity index (χ3v) is 2.53. The largest absolute Gasteiger partial charge is 0.370 e. The van der Waals surface area contributed by atoms with Crippen molar-refractivity contribution in [3.05, 3.63) is 46.3 Å². The Hall–Kier alpha value is -2.24. The van der Waals surface area contributed by atoms with Crippen LogP contribution >= 0.6 is 0 Å². The van der Waals surface area contributed by atoms with Gasteiger partial charge in [-0.25, -0.2) is 14.6 Å². The van der Waals surface area contributed by atoms with Gasteiger partial charge in [0.2, 0.25) is 0 Å². The topological polar surface area (TPSA) is 72.7 Å². The molecule has 1 N–H and O–H groups in total. The highest BCUT2D eigenvalue weighted by Crippen LogP contribution is 2.06. The molecule has 0 radical (unpaired) electrons. The van der Waals surface area contributed by atoms with Gasteiger partial charge in [0.15, 0.2) is 5.82 Å². The molecule has 0 spiro atoms. The number of anilines is 1. The van der Waals surface area contributed by atoms with Crippen molar-refractivity contribution in [2.24, 2.45) is 0 Å². The van der Waals surface area contributed by atoms with E-state index in [0.717, 1.165) is 24.5 Å². The van der Waals surface area contributed by atoms with Crippen molar-refractivity contribution < 1.29 is 0 Å². The van der Waals surface area contributed by atoms with Crippen molar-refractivity contribution in [2.45, 2.75) is 26.8 Å². The van der Waals surface area contributed by atoms with Crippen molar-refractivity contribution in [2.75, 3.05) is 11.9 Å². The molecule has 2 rings (SSSR count). The van der Waals surface area contributed by atoms with Crippen molar-refractivity contribution >= 4 is 5.82 Å². The molecular weight excluding hydrogens is 242 g/mol. The third-order valence-electron chi connectivity index (χ3n) is 2.53. The highest BCUT2D eigenvalue weighted by molar-refractivity contribution is 5.35. The molecule has 0 aliphatic carbocycles. The van der Waals surface area contributed by atoms with Gasteiger partial charge in [-0.3, -0.25) is 4.79 Å². The zero-order chi connectivity index (χ0) is 13.7. The first-order chi connectivity index (χ1) is 9.19. The van der Waals surface area contributed by atoms with Gasteiger partial charge in [0, 0.05) is 30.6 Å². The van der Waals surface area contributed by atoms with Gasteiger partial charge in [-0.1, -0.05) is 6.92 Å². The second kappa shape index (κ2) is 6.08. The van der Waals surface area contributed by atoms with Crippen LogP contribution in [-0.4, -0.2) is 26.3 Å². The molecule has 0 aliphatic heterocycles. The van der Waals surface area contributed by atoms with E-state index in [1.807, 2.05) is 13.0 Å². The smallest absolute Gasteiger partial charge is 0.267 e. The quantitative estimate of drug-likeness (QED) is 0.873. The molecule has 0 aromatic carbocycles. The van der Waals surface area contributed by atoms with Crippen LogP contribution in [0.5, 0.6) is 0 Å². The van der Waals surface area contributed by atoms with Crippen LogP contribution in [-0.2, 0) is 6.54 Å². The number of rotatable bonds is 5. The van der Waals surface area contributed by atoms with Gasteiger partial charge in [-0.15, -0.1) is 0 Å². The molecule has 6 heteroatoms. The Balaban J connectivity index is 2.23. The molecular formula is C13H17N5O. The first-order valence-electron chi connectivity index (χ1n) is 6.29. The lowest BCUT2D eigenvalue weighted by Crippen LogP contribution is -2.23. The highest BCUT2D eigenvalue weighted by atomic mass is 16.1. The van der Waals surface area contributed by atoms with Gasteiger partial charge in [0.05, 0.1) is 0 Å². The summed E-state index contributed by atoms with van der Waals surface area (Å²) in [6.45, 7) is 5.14. The maximum absolute atomic E-state index is 11.6. The summed E-state index contributed by atoms with van der Waals surface area (Å²) < 4.78 is 1.35. The molecule has 2 aromatic rings. The molecule has 0 aliphatic rings. The predicted octanol–water partition coefficient (Wildman–Crippen LogP) is 1.21. The third kappa shape index (κ3) is 3.61. The molecule has 2 aromatic heterocycles. The Morgan fingerprint density at radius 3 is 2.95 bits per heavy atom. The summed E-state index contributed by atoms with van der Waals surface area (Å²) in [7, 11) is 0. The summed E-state index contributed by atoms with van der Waals surface area (Å²) >= 11 is 0. The van der Waals surface area contributed by atoms with Crippen molar-refractivity contribution in [3.8, 4) is 0 Å². The first kappa shape index (κ1) is 13.2. The average Bonchev–Trinajstić information content (AvgIpc) is 2.38. The minimum absolute atomic E-state index is 0.157. The van der Waals surface area contributed by atoms with E-state index in [4.69, 9.17) is 0 Å². The Kier molecular flexibility index (Phi) is 4.22. The number of aromatic nitrogens is 4. The zero-order valence-corrected chi connectivity index (χ0v) is 11.1. The maximum Gasteiger partial charge on any atom is 0.267 e. The molecule has 2 heterocycles. The number of hydrogen-bond donors (Lipinski definition) is 1. The standard InChI is InChI=1S/C13H17N5O/c1-3-6-14-11-8-10(2)16-12(17-11)9-18-13(19)5-4-7-15-18/h4-5,7-8H,3,6,9H2,1-2H3,(H,14,16,17). The van der Waals surface area contributed by atoms with E-state index in [1.165, 1.54) is 10.7 Å². The molecule has 100 valence electrons. The van der Waals surface area contributed by atoms with Crippen LogP contribution in [0.1, 0.15) is 24.9 Å². The van der Waals surface area contributed by atoms with E-state index < -0.39 is 0 Å². The van der Waals surface area contributed by atoms with Gasteiger partial charge >= 0.3 is 0 Å². The number of aryl methyl sites for hydroxylation is 1. The van der Waals surface area contributed by atoms with Crippen molar-refractivity contribution in [3.63, 3.8) is 0 Å².